The summed E-state index contributed by atoms with van der Waals surface area (Å²) in [5.41, 5.74) is -0.565. The number of carbonyl (C=O) groups excluding carboxylic acids is 1. The van der Waals surface area contributed by atoms with Gasteiger partial charge in [0.1, 0.15) is 5.54 Å². The van der Waals surface area contributed by atoms with Crippen molar-refractivity contribution in [3.05, 3.63) is 0 Å². The SMILES string of the molecule is CCOC(=O)C(C)(CSC(C)C)NC. The molecule has 0 spiro atoms. The molecule has 0 aliphatic heterocycles. The molecule has 84 valence electrons. The van der Waals surface area contributed by atoms with Crippen molar-refractivity contribution >= 4 is 17.7 Å². The fourth-order valence-electron chi connectivity index (χ4n) is 0.857. The molecule has 0 amide bonds. The van der Waals surface area contributed by atoms with Crippen molar-refractivity contribution in [2.75, 3.05) is 19.4 Å². The van der Waals surface area contributed by atoms with Crippen LogP contribution in [0.1, 0.15) is 27.7 Å². The van der Waals surface area contributed by atoms with E-state index in [0.29, 0.717) is 11.9 Å². The first-order chi connectivity index (χ1) is 6.46. The Balaban J connectivity index is 4.23. The van der Waals surface area contributed by atoms with Crippen LogP contribution in [-0.4, -0.2) is 36.2 Å². The Morgan fingerprint density at radius 2 is 2.14 bits per heavy atom. The highest BCUT2D eigenvalue weighted by Crippen LogP contribution is 2.18. The molecule has 0 aliphatic rings. The maximum absolute atomic E-state index is 11.6. The van der Waals surface area contributed by atoms with Gasteiger partial charge in [0, 0.05) is 5.75 Å². The summed E-state index contributed by atoms with van der Waals surface area (Å²) < 4.78 is 5.02. The first-order valence-corrected chi connectivity index (χ1v) is 5.99. The van der Waals surface area contributed by atoms with E-state index in [4.69, 9.17) is 4.74 Å². The Bertz CT molecular complexity index is 185. The number of hydrogen-bond acceptors (Lipinski definition) is 4. The molecule has 0 aliphatic carbocycles. The van der Waals surface area contributed by atoms with Gasteiger partial charge in [-0.2, -0.15) is 11.8 Å². The highest BCUT2D eigenvalue weighted by molar-refractivity contribution is 7.99. The standard InChI is InChI=1S/C10H21NO2S/c1-6-13-9(12)10(4,11-5)7-14-8(2)3/h8,11H,6-7H2,1-5H3. The second kappa shape index (κ2) is 6.30. The molecule has 0 fully saturated rings. The van der Waals surface area contributed by atoms with Crippen molar-refractivity contribution in [2.45, 2.75) is 38.5 Å². The molecule has 0 radical (unpaired) electrons. The lowest BCUT2D eigenvalue weighted by Crippen LogP contribution is -2.51. The fourth-order valence-corrected chi connectivity index (χ4v) is 1.79. The van der Waals surface area contributed by atoms with E-state index in [1.807, 2.05) is 13.8 Å². The lowest BCUT2D eigenvalue weighted by molar-refractivity contribution is -0.149. The second-order valence-corrected chi connectivity index (χ2v) is 5.23. The average molecular weight is 219 g/mol. The molecule has 3 nitrogen and oxygen atoms in total. The minimum Gasteiger partial charge on any atom is -0.465 e. The highest BCUT2D eigenvalue weighted by Gasteiger charge is 2.32. The number of thioether (sulfide) groups is 1. The number of rotatable bonds is 6. The summed E-state index contributed by atoms with van der Waals surface area (Å²) in [6.45, 7) is 8.37. The van der Waals surface area contributed by atoms with E-state index in [9.17, 15) is 4.79 Å². The van der Waals surface area contributed by atoms with E-state index >= 15 is 0 Å². The number of carbonyl (C=O) groups is 1. The molecule has 1 N–H and O–H groups in total. The Labute approximate surface area is 91.0 Å². The van der Waals surface area contributed by atoms with Crippen LogP contribution in [0.5, 0.6) is 0 Å². The molecule has 1 atom stereocenters. The van der Waals surface area contributed by atoms with E-state index in [1.165, 1.54) is 0 Å². The monoisotopic (exact) mass is 219 g/mol. The van der Waals surface area contributed by atoms with E-state index in [0.717, 1.165) is 5.75 Å². The minimum absolute atomic E-state index is 0.171. The third-order valence-corrected chi connectivity index (χ3v) is 3.39. The smallest absolute Gasteiger partial charge is 0.326 e. The summed E-state index contributed by atoms with van der Waals surface area (Å²) in [4.78, 5) is 11.6. The molecule has 0 aromatic carbocycles. The number of esters is 1. The number of ether oxygens (including phenoxy) is 1. The molecule has 14 heavy (non-hydrogen) atoms. The summed E-state index contributed by atoms with van der Waals surface area (Å²) in [7, 11) is 1.79. The molecular weight excluding hydrogens is 198 g/mol. The lowest BCUT2D eigenvalue weighted by Gasteiger charge is -2.26. The first-order valence-electron chi connectivity index (χ1n) is 4.94. The summed E-state index contributed by atoms with van der Waals surface area (Å²) in [6.07, 6.45) is 0. The molecule has 0 aromatic heterocycles. The molecule has 0 aromatic rings. The molecular formula is C10H21NO2S. The van der Waals surface area contributed by atoms with Crippen molar-refractivity contribution in [3.63, 3.8) is 0 Å². The van der Waals surface area contributed by atoms with E-state index < -0.39 is 5.54 Å². The Hall–Kier alpha value is -0.220. The molecule has 4 heteroatoms. The van der Waals surface area contributed by atoms with Gasteiger partial charge in [0.25, 0.3) is 0 Å². The Kier molecular flexibility index (Phi) is 6.20. The second-order valence-electron chi connectivity index (χ2n) is 3.66. The lowest BCUT2D eigenvalue weighted by atomic mass is 10.1. The Morgan fingerprint density at radius 3 is 2.50 bits per heavy atom. The van der Waals surface area contributed by atoms with Crippen molar-refractivity contribution in [2.24, 2.45) is 0 Å². The van der Waals surface area contributed by atoms with Crippen LogP contribution in [0.2, 0.25) is 0 Å². The predicted octanol–water partition coefficient (Wildman–Crippen LogP) is 1.67. The van der Waals surface area contributed by atoms with Crippen molar-refractivity contribution in [1.29, 1.82) is 0 Å². The molecule has 1 unspecified atom stereocenters. The van der Waals surface area contributed by atoms with Crippen molar-refractivity contribution < 1.29 is 9.53 Å². The highest BCUT2D eigenvalue weighted by atomic mass is 32.2. The van der Waals surface area contributed by atoms with Crippen molar-refractivity contribution in [1.82, 2.24) is 5.32 Å². The number of nitrogens with one attached hydrogen (secondary N) is 1. The fraction of sp³-hybridized carbons (Fsp3) is 0.900. The zero-order chi connectivity index (χ0) is 11.2. The quantitative estimate of drug-likeness (QED) is 0.690. The first kappa shape index (κ1) is 13.8. The number of hydrogen-bond donors (Lipinski definition) is 1. The average Bonchev–Trinajstić information content (AvgIpc) is 2.14. The van der Waals surface area contributed by atoms with Gasteiger partial charge >= 0.3 is 5.97 Å². The third kappa shape index (κ3) is 4.33. The zero-order valence-corrected chi connectivity index (χ0v) is 10.5. The van der Waals surface area contributed by atoms with Crippen molar-refractivity contribution in [3.8, 4) is 0 Å². The van der Waals surface area contributed by atoms with Gasteiger partial charge in [0.15, 0.2) is 0 Å². The summed E-state index contributed by atoms with van der Waals surface area (Å²) in [5.74, 6) is 0.565. The summed E-state index contributed by atoms with van der Waals surface area (Å²) in [5, 5.41) is 3.55. The van der Waals surface area contributed by atoms with Crippen LogP contribution >= 0.6 is 11.8 Å². The third-order valence-electron chi connectivity index (χ3n) is 1.98. The minimum atomic E-state index is -0.565. The van der Waals surface area contributed by atoms with Gasteiger partial charge in [-0.05, 0) is 26.1 Å². The zero-order valence-electron chi connectivity index (χ0n) is 9.72. The predicted molar refractivity (Wildman–Crippen MR) is 61.7 cm³/mol. The maximum atomic E-state index is 11.6. The van der Waals surface area contributed by atoms with E-state index in [-0.39, 0.29) is 5.97 Å². The van der Waals surface area contributed by atoms with Crippen LogP contribution in [0.4, 0.5) is 0 Å². The van der Waals surface area contributed by atoms with Gasteiger partial charge in [-0.3, -0.25) is 4.79 Å². The van der Waals surface area contributed by atoms with E-state index in [1.54, 1.807) is 18.8 Å². The van der Waals surface area contributed by atoms with Crippen LogP contribution < -0.4 is 5.32 Å². The van der Waals surface area contributed by atoms with Crippen LogP contribution in [0, 0.1) is 0 Å². The summed E-state index contributed by atoms with van der Waals surface area (Å²) in [6, 6.07) is 0. The molecule has 0 heterocycles. The normalized spacial score (nSPS) is 15.3. The van der Waals surface area contributed by atoms with Crippen LogP contribution in [0.15, 0.2) is 0 Å². The van der Waals surface area contributed by atoms with E-state index in [2.05, 4.69) is 19.2 Å². The van der Waals surface area contributed by atoms with Crippen LogP contribution in [-0.2, 0) is 9.53 Å². The summed E-state index contributed by atoms with van der Waals surface area (Å²) >= 11 is 1.75. The van der Waals surface area contributed by atoms with Gasteiger partial charge < -0.3 is 10.1 Å². The maximum Gasteiger partial charge on any atom is 0.326 e. The topological polar surface area (TPSA) is 38.3 Å². The van der Waals surface area contributed by atoms with Crippen LogP contribution in [0.3, 0.4) is 0 Å². The molecule has 0 bridgehead atoms. The molecule has 0 saturated heterocycles. The largest absolute Gasteiger partial charge is 0.465 e. The Morgan fingerprint density at radius 1 is 1.57 bits per heavy atom. The van der Waals surface area contributed by atoms with Gasteiger partial charge in [0.2, 0.25) is 0 Å². The van der Waals surface area contributed by atoms with Gasteiger partial charge in [0.05, 0.1) is 6.61 Å². The van der Waals surface area contributed by atoms with Crippen LogP contribution in [0.25, 0.3) is 0 Å². The van der Waals surface area contributed by atoms with Gasteiger partial charge in [-0.1, -0.05) is 13.8 Å². The van der Waals surface area contributed by atoms with Gasteiger partial charge in [-0.25, -0.2) is 0 Å². The molecule has 0 saturated carbocycles. The number of likely N-dealkylation sites (N-methyl/N-ethyl adjacent to an activating group) is 1. The molecule has 0 rings (SSSR count). The van der Waals surface area contributed by atoms with Gasteiger partial charge in [-0.15, -0.1) is 0 Å².